The van der Waals surface area contributed by atoms with Gasteiger partial charge in [0.15, 0.2) is 5.54 Å². The zero-order valence-corrected chi connectivity index (χ0v) is 17.5. The minimum atomic E-state index is -1.32. The van der Waals surface area contributed by atoms with E-state index in [4.69, 9.17) is 9.15 Å². The van der Waals surface area contributed by atoms with Crippen LogP contribution in [0.4, 0.5) is 4.79 Å². The highest BCUT2D eigenvalue weighted by molar-refractivity contribution is 6.08. The summed E-state index contributed by atoms with van der Waals surface area (Å²) >= 11 is 0. The quantitative estimate of drug-likeness (QED) is 0.618. The minimum absolute atomic E-state index is 0.321. The Labute approximate surface area is 179 Å². The molecule has 1 aromatic heterocycles. The Kier molecular flexibility index (Phi) is 5.14. The molecule has 0 saturated carbocycles. The highest BCUT2D eigenvalue weighted by Crippen LogP contribution is 2.29. The van der Waals surface area contributed by atoms with Gasteiger partial charge in [-0.05, 0) is 53.6 Å². The molecule has 8 nitrogen and oxygen atoms in total. The van der Waals surface area contributed by atoms with Gasteiger partial charge in [0, 0.05) is 13.6 Å². The molecule has 1 N–H and O–H groups in total. The van der Waals surface area contributed by atoms with E-state index in [2.05, 4.69) is 5.32 Å². The molecule has 0 radical (unpaired) electrons. The summed E-state index contributed by atoms with van der Waals surface area (Å²) in [7, 11) is 3.27. The van der Waals surface area contributed by atoms with E-state index in [1.54, 1.807) is 33.2 Å². The number of methoxy groups -OCH3 is 1. The van der Waals surface area contributed by atoms with Crippen LogP contribution in [0.1, 0.15) is 18.2 Å². The lowest BCUT2D eigenvalue weighted by molar-refractivity contribution is -0.138. The number of carbonyl (C=O) groups is 3. The van der Waals surface area contributed by atoms with Crippen molar-refractivity contribution in [1.82, 2.24) is 15.1 Å². The van der Waals surface area contributed by atoms with E-state index in [-0.39, 0.29) is 12.5 Å². The smallest absolute Gasteiger partial charge is 0.325 e. The number of nitrogens with zero attached hydrogens (tertiary/aromatic N) is 2. The van der Waals surface area contributed by atoms with Crippen molar-refractivity contribution in [3.05, 3.63) is 66.1 Å². The first-order chi connectivity index (χ1) is 14.8. The third-order valence-electron chi connectivity index (χ3n) is 5.54. The van der Waals surface area contributed by atoms with Crippen LogP contribution in [0.2, 0.25) is 0 Å². The van der Waals surface area contributed by atoms with E-state index in [0.29, 0.717) is 12.3 Å². The zero-order valence-electron chi connectivity index (χ0n) is 17.5. The van der Waals surface area contributed by atoms with Crippen molar-refractivity contribution in [3.8, 4) is 5.75 Å². The molecule has 0 bridgehead atoms. The number of ether oxygens (including phenoxy) is 1. The molecule has 8 heteroatoms. The maximum Gasteiger partial charge on any atom is 0.325 e. The molecule has 1 fully saturated rings. The SMILES string of the molecule is COc1ccc2cc(CN(C)C(=O)CN3C(=O)N[C@](C)(c4ccco4)C3=O)ccc2c1. The van der Waals surface area contributed by atoms with Crippen LogP contribution < -0.4 is 10.1 Å². The van der Waals surface area contributed by atoms with Crippen LogP contribution in [-0.2, 0) is 21.7 Å². The van der Waals surface area contributed by atoms with E-state index in [9.17, 15) is 14.4 Å². The predicted octanol–water partition coefficient (Wildman–Crippen LogP) is 2.87. The van der Waals surface area contributed by atoms with E-state index in [1.165, 1.54) is 11.2 Å². The molecular formula is C23H23N3O5. The Balaban J connectivity index is 1.44. The summed E-state index contributed by atoms with van der Waals surface area (Å²) in [6.45, 7) is 1.56. The average Bonchev–Trinajstić information content (AvgIpc) is 3.37. The van der Waals surface area contributed by atoms with Crippen molar-refractivity contribution >= 4 is 28.6 Å². The summed E-state index contributed by atoms with van der Waals surface area (Å²) in [5, 5.41) is 4.68. The molecule has 2 aromatic carbocycles. The predicted molar refractivity (Wildman–Crippen MR) is 113 cm³/mol. The number of imide groups is 1. The standard InChI is InChI=1S/C23H23N3O5/c1-23(19-5-4-10-31-19)21(28)26(22(29)24-23)14-20(27)25(2)13-15-6-7-17-12-18(30-3)9-8-16(17)11-15/h4-12H,13-14H2,1-3H3,(H,24,29)/t23-/m1/s1. The van der Waals surface area contributed by atoms with Gasteiger partial charge in [0.05, 0.1) is 13.4 Å². The molecule has 3 aromatic rings. The summed E-state index contributed by atoms with van der Waals surface area (Å²) in [6.07, 6.45) is 1.43. The Bertz CT molecular complexity index is 1160. The number of likely N-dealkylation sites (N-methyl/N-ethyl adjacent to an activating group) is 1. The van der Waals surface area contributed by atoms with Crippen molar-refractivity contribution in [3.63, 3.8) is 0 Å². The number of benzene rings is 2. The van der Waals surface area contributed by atoms with Crippen LogP contribution in [-0.4, -0.2) is 48.3 Å². The Morgan fingerprint density at radius 3 is 2.61 bits per heavy atom. The van der Waals surface area contributed by atoms with Gasteiger partial charge in [-0.3, -0.25) is 14.5 Å². The lowest BCUT2D eigenvalue weighted by atomic mass is 9.99. The lowest BCUT2D eigenvalue weighted by Crippen LogP contribution is -2.43. The number of hydrogen-bond donors (Lipinski definition) is 1. The first kappa shape index (κ1) is 20.5. The molecule has 0 unspecified atom stereocenters. The van der Waals surface area contributed by atoms with Crippen LogP contribution in [0.3, 0.4) is 0 Å². The van der Waals surface area contributed by atoms with Crippen molar-refractivity contribution in [1.29, 1.82) is 0 Å². The largest absolute Gasteiger partial charge is 0.497 e. The van der Waals surface area contributed by atoms with Gasteiger partial charge in [-0.2, -0.15) is 0 Å². The van der Waals surface area contributed by atoms with Crippen LogP contribution >= 0.6 is 0 Å². The van der Waals surface area contributed by atoms with Crippen LogP contribution in [0.25, 0.3) is 10.8 Å². The fourth-order valence-corrected chi connectivity index (χ4v) is 3.69. The highest BCUT2D eigenvalue weighted by atomic mass is 16.5. The second-order valence-electron chi connectivity index (χ2n) is 7.72. The monoisotopic (exact) mass is 421 g/mol. The average molecular weight is 421 g/mol. The number of furan rings is 1. The third-order valence-corrected chi connectivity index (χ3v) is 5.54. The first-order valence-electron chi connectivity index (χ1n) is 9.80. The van der Waals surface area contributed by atoms with Gasteiger partial charge >= 0.3 is 6.03 Å². The fraction of sp³-hybridized carbons (Fsp3) is 0.261. The molecule has 4 amide bonds. The van der Waals surface area contributed by atoms with Gasteiger partial charge in [-0.15, -0.1) is 0 Å². The molecular weight excluding hydrogens is 398 g/mol. The van der Waals surface area contributed by atoms with Gasteiger partial charge in [-0.1, -0.05) is 18.2 Å². The van der Waals surface area contributed by atoms with Crippen LogP contribution in [0, 0.1) is 0 Å². The Hall–Kier alpha value is -3.81. The lowest BCUT2D eigenvalue weighted by Gasteiger charge is -2.22. The molecule has 1 aliphatic rings. The fourth-order valence-electron chi connectivity index (χ4n) is 3.69. The molecule has 0 aliphatic carbocycles. The van der Waals surface area contributed by atoms with Gasteiger partial charge in [-0.25, -0.2) is 4.79 Å². The number of fused-ring (bicyclic) bond motifs is 1. The summed E-state index contributed by atoms with van der Waals surface area (Å²) in [5.74, 6) is 0.237. The summed E-state index contributed by atoms with van der Waals surface area (Å²) < 4.78 is 10.5. The van der Waals surface area contributed by atoms with Gasteiger partial charge in [0.25, 0.3) is 5.91 Å². The molecule has 1 atom stereocenters. The van der Waals surface area contributed by atoms with Crippen molar-refractivity contribution < 1.29 is 23.5 Å². The van der Waals surface area contributed by atoms with Crippen molar-refractivity contribution in [2.75, 3.05) is 20.7 Å². The number of urea groups is 1. The number of rotatable bonds is 6. The maximum atomic E-state index is 12.9. The Morgan fingerprint density at radius 1 is 1.16 bits per heavy atom. The van der Waals surface area contributed by atoms with Gasteiger partial charge in [0.1, 0.15) is 18.1 Å². The van der Waals surface area contributed by atoms with E-state index in [0.717, 1.165) is 27.0 Å². The highest BCUT2D eigenvalue weighted by Gasteiger charge is 2.51. The summed E-state index contributed by atoms with van der Waals surface area (Å²) in [6, 6.07) is 14.3. The van der Waals surface area contributed by atoms with Crippen LogP contribution in [0.5, 0.6) is 5.75 Å². The maximum absolute atomic E-state index is 12.9. The number of nitrogens with one attached hydrogen (secondary N) is 1. The number of hydrogen-bond acceptors (Lipinski definition) is 5. The molecule has 1 saturated heterocycles. The Morgan fingerprint density at radius 2 is 1.90 bits per heavy atom. The van der Waals surface area contributed by atoms with Crippen molar-refractivity contribution in [2.24, 2.45) is 0 Å². The summed E-state index contributed by atoms with van der Waals surface area (Å²) in [4.78, 5) is 40.4. The second kappa shape index (κ2) is 7.79. The molecule has 0 spiro atoms. The second-order valence-corrected chi connectivity index (χ2v) is 7.72. The number of amides is 4. The molecule has 4 rings (SSSR count). The first-order valence-corrected chi connectivity index (χ1v) is 9.80. The normalized spacial score (nSPS) is 18.4. The van der Waals surface area contributed by atoms with Gasteiger partial charge < -0.3 is 19.4 Å². The molecule has 1 aliphatic heterocycles. The van der Waals surface area contributed by atoms with E-state index < -0.39 is 17.5 Å². The van der Waals surface area contributed by atoms with Crippen LogP contribution in [0.15, 0.2) is 59.2 Å². The zero-order chi connectivity index (χ0) is 22.2. The molecule has 160 valence electrons. The van der Waals surface area contributed by atoms with Crippen molar-refractivity contribution in [2.45, 2.75) is 19.0 Å². The molecule has 2 heterocycles. The number of carbonyl (C=O) groups excluding carboxylic acids is 3. The minimum Gasteiger partial charge on any atom is -0.497 e. The summed E-state index contributed by atoms with van der Waals surface area (Å²) in [5.41, 5.74) is -0.384. The van der Waals surface area contributed by atoms with E-state index in [1.807, 2.05) is 36.4 Å². The topological polar surface area (TPSA) is 92.1 Å². The van der Waals surface area contributed by atoms with Gasteiger partial charge in [0.2, 0.25) is 5.91 Å². The molecule has 31 heavy (non-hydrogen) atoms. The third kappa shape index (κ3) is 3.72. The van der Waals surface area contributed by atoms with E-state index >= 15 is 0 Å².